The molecule has 1 aliphatic rings. The minimum atomic E-state index is -0.632. The fraction of sp³-hybridized carbons (Fsp3) is 0.273. The van der Waals surface area contributed by atoms with Gasteiger partial charge >= 0.3 is 0 Å². The summed E-state index contributed by atoms with van der Waals surface area (Å²) in [6.45, 7) is 0.877. The van der Waals surface area contributed by atoms with Crippen LogP contribution in [-0.2, 0) is 11.2 Å². The van der Waals surface area contributed by atoms with Gasteiger partial charge in [-0.25, -0.2) is 9.37 Å². The number of likely N-dealkylation sites (tertiary alicyclic amines) is 1. The van der Waals surface area contributed by atoms with Gasteiger partial charge < -0.3 is 4.90 Å². The molecule has 33 heavy (non-hydrogen) atoms. The summed E-state index contributed by atoms with van der Waals surface area (Å²) in [7, 11) is 0. The van der Waals surface area contributed by atoms with Crippen LogP contribution >= 0.6 is 34.3 Å². The molecule has 3 amide bonds. The number of piperidine rings is 1. The SMILES string of the molecule is O=C(Cc1ccsc1)NNC(=O)c1csc(C2CCN(C(=O)c3c(F)cccc3Cl)CC2)n1. The molecule has 4 rings (SSSR count). The number of carbonyl (C=O) groups excluding carboxylic acids is 3. The Balaban J connectivity index is 1.29. The lowest BCUT2D eigenvalue weighted by Crippen LogP contribution is -2.42. The van der Waals surface area contributed by atoms with Crippen molar-refractivity contribution in [2.75, 3.05) is 13.1 Å². The maximum absolute atomic E-state index is 14.1. The van der Waals surface area contributed by atoms with E-state index in [9.17, 15) is 18.8 Å². The Bertz CT molecular complexity index is 1140. The molecule has 1 fully saturated rings. The number of nitrogens with one attached hydrogen (secondary N) is 2. The minimum Gasteiger partial charge on any atom is -0.338 e. The summed E-state index contributed by atoms with van der Waals surface area (Å²) in [6, 6.07) is 6.03. The lowest BCUT2D eigenvalue weighted by molar-refractivity contribution is -0.121. The highest BCUT2D eigenvalue weighted by atomic mass is 35.5. The smallest absolute Gasteiger partial charge is 0.289 e. The highest BCUT2D eigenvalue weighted by Gasteiger charge is 2.29. The van der Waals surface area contributed by atoms with Gasteiger partial charge in [-0.3, -0.25) is 25.2 Å². The van der Waals surface area contributed by atoms with Crippen LogP contribution in [0.4, 0.5) is 4.39 Å². The molecule has 3 aromatic rings. The molecule has 172 valence electrons. The Morgan fingerprint density at radius 2 is 1.94 bits per heavy atom. The van der Waals surface area contributed by atoms with Crippen molar-refractivity contribution in [3.8, 4) is 0 Å². The monoisotopic (exact) mass is 506 g/mol. The van der Waals surface area contributed by atoms with Gasteiger partial charge in [0, 0.05) is 24.4 Å². The van der Waals surface area contributed by atoms with Gasteiger partial charge in [0.2, 0.25) is 5.91 Å². The third-order valence-electron chi connectivity index (χ3n) is 5.32. The van der Waals surface area contributed by atoms with Crippen LogP contribution in [0.5, 0.6) is 0 Å². The average Bonchev–Trinajstić information content (AvgIpc) is 3.50. The zero-order chi connectivity index (χ0) is 23.4. The molecular formula is C22H20ClFN4O3S2. The number of hydrogen-bond donors (Lipinski definition) is 2. The summed E-state index contributed by atoms with van der Waals surface area (Å²) >= 11 is 8.89. The summed E-state index contributed by atoms with van der Waals surface area (Å²) in [5, 5.41) is 6.29. The van der Waals surface area contributed by atoms with E-state index in [1.165, 1.54) is 40.9 Å². The Morgan fingerprint density at radius 3 is 2.64 bits per heavy atom. The van der Waals surface area contributed by atoms with Crippen molar-refractivity contribution in [1.82, 2.24) is 20.7 Å². The van der Waals surface area contributed by atoms with Crippen molar-refractivity contribution in [1.29, 1.82) is 0 Å². The largest absolute Gasteiger partial charge is 0.338 e. The van der Waals surface area contributed by atoms with Gasteiger partial charge in [0.05, 0.1) is 22.0 Å². The number of amides is 3. The first-order chi connectivity index (χ1) is 15.9. The summed E-state index contributed by atoms with van der Waals surface area (Å²) < 4.78 is 14.1. The Morgan fingerprint density at radius 1 is 1.15 bits per heavy atom. The van der Waals surface area contributed by atoms with E-state index in [0.29, 0.717) is 25.9 Å². The van der Waals surface area contributed by atoms with Crippen LogP contribution in [0.1, 0.15) is 50.2 Å². The van der Waals surface area contributed by atoms with Crippen LogP contribution in [0.25, 0.3) is 0 Å². The van der Waals surface area contributed by atoms with Crippen molar-refractivity contribution < 1.29 is 18.8 Å². The number of hydrogen-bond acceptors (Lipinski definition) is 6. The third kappa shape index (κ3) is 5.58. The second-order valence-electron chi connectivity index (χ2n) is 7.54. The summed E-state index contributed by atoms with van der Waals surface area (Å²) in [5.74, 6) is -1.77. The van der Waals surface area contributed by atoms with E-state index in [0.717, 1.165) is 10.6 Å². The van der Waals surface area contributed by atoms with Gasteiger partial charge in [0.15, 0.2) is 0 Å². The Labute approximate surface area is 202 Å². The number of aromatic nitrogens is 1. The zero-order valence-corrected chi connectivity index (χ0v) is 19.7. The van der Waals surface area contributed by atoms with Crippen LogP contribution in [0, 0.1) is 5.82 Å². The molecule has 2 N–H and O–H groups in total. The van der Waals surface area contributed by atoms with Crippen LogP contribution in [0.2, 0.25) is 5.02 Å². The molecule has 1 aliphatic heterocycles. The highest BCUT2D eigenvalue weighted by Crippen LogP contribution is 2.31. The first-order valence-electron chi connectivity index (χ1n) is 10.2. The molecule has 1 saturated heterocycles. The zero-order valence-electron chi connectivity index (χ0n) is 17.3. The van der Waals surface area contributed by atoms with Gasteiger partial charge in [0.25, 0.3) is 11.8 Å². The molecule has 3 heterocycles. The molecule has 0 bridgehead atoms. The fourth-order valence-corrected chi connectivity index (χ4v) is 5.47. The maximum atomic E-state index is 14.1. The molecule has 11 heteroatoms. The molecule has 0 spiro atoms. The lowest BCUT2D eigenvalue weighted by atomic mass is 9.97. The highest BCUT2D eigenvalue weighted by molar-refractivity contribution is 7.10. The number of thiophene rings is 1. The van der Waals surface area contributed by atoms with Crippen molar-refractivity contribution in [2.45, 2.75) is 25.2 Å². The van der Waals surface area contributed by atoms with E-state index in [4.69, 9.17) is 11.6 Å². The fourth-order valence-electron chi connectivity index (χ4n) is 3.58. The number of hydrazine groups is 1. The van der Waals surface area contributed by atoms with Gasteiger partial charge in [0.1, 0.15) is 11.5 Å². The second kappa shape index (κ2) is 10.4. The second-order valence-corrected chi connectivity index (χ2v) is 9.62. The van der Waals surface area contributed by atoms with E-state index in [1.807, 2.05) is 16.8 Å². The number of rotatable bonds is 5. The van der Waals surface area contributed by atoms with Crippen molar-refractivity contribution >= 4 is 52.0 Å². The molecule has 1 aromatic carbocycles. The predicted octanol–water partition coefficient (Wildman–Crippen LogP) is 4.02. The van der Waals surface area contributed by atoms with Crippen LogP contribution in [-0.4, -0.2) is 40.7 Å². The first kappa shape index (κ1) is 23.3. The molecule has 0 saturated carbocycles. The van der Waals surface area contributed by atoms with Gasteiger partial charge in [-0.05, 0) is 47.4 Å². The van der Waals surface area contributed by atoms with Crippen molar-refractivity contribution in [3.05, 3.63) is 73.1 Å². The molecule has 0 unspecified atom stereocenters. The normalized spacial score (nSPS) is 14.2. The van der Waals surface area contributed by atoms with E-state index >= 15 is 0 Å². The van der Waals surface area contributed by atoms with Crippen molar-refractivity contribution in [2.24, 2.45) is 0 Å². The number of nitrogens with zero attached hydrogens (tertiary/aromatic N) is 2. The average molecular weight is 507 g/mol. The lowest BCUT2D eigenvalue weighted by Gasteiger charge is -2.31. The molecule has 7 nitrogen and oxygen atoms in total. The molecule has 0 aliphatic carbocycles. The summed E-state index contributed by atoms with van der Waals surface area (Å²) in [5.41, 5.74) is 5.78. The number of halogens is 2. The number of benzene rings is 1. The first-order valence-corrected chi connectivity index (χ1v) is 12.4. The predicted molar refractivity (Wildman–Crippen MR) is 125 cm³/mol. The molecule has 0 radical (unpaired) electrons. The van der Waals surface area contributed by atoms with E-state index < -0.39 is 17.6 Å². The maximum Gasteiger partial charge on any atom is 0.289 e. The Kier molecular flexibility index (Phi) is 7.36. The molecule has 2 aromatic heterocycles. The molecular weight excluding hydrogens is 487 g/mol. The molecule has 0 atom stereocenters. The van der Waals surface area contributed by atoms with Gasteiger partial charge in [-0.15, -0.1) is 11.3 Å². The standard InChI is InChI=1S/C22H20ClFN4O3S2/c23-15-2-1-3-16(24)19(15)22(31)28-7-4-14(5-8-28)21-25-17(12-33-21)20(30)27-26-18(29)10-13-6-9-32-11-13/h1-3,6,9,11-12,14H,4-5,7-8,10H2,(H,26,29)(H,27,30). The van der Waals surface area contributed by atoms with Crippen LogP contribution in [0.15, 0.2) is 40.4 Å². The van der Waals surface area contributed by atoms with Crippen LogP contribution < -0.4 is 10.9 Å². The van der Waals surface area contributed by atoms with Gasteiger partial charge in [-0.1, -0.05) is 17.7 Å². The quantitative estimate of drug-likeness (QED) is 0.511. The van der Waals surface area contributed by atoms with E-state index in [-0.39, 0.29) is 34.5 Å². The number of carbonyl (C=O) groups is 3. The van der Waals surface area contributed by atoms with E-state index in [2.05, 4.69) is 15.8 Å². The topological polar surface area (TPSA) is 91.4 Å². The summed E-state index contributed by atoms with van der Waals surface area (Å²) in [4.78, 5) is 43.0. The number of thiazole rings is 1. The minimum absolute atomic E-state index is 0.0878. The Hall–Kier alpha value is -2.82. The van der Waals surface area contributed by atoms with Crippen LogP contribution in [0.3, 0.4) is 0 Å². The van der Waals surface area contributed by atoms with Crippen molar-refractivity contribution in [3.63, 3.8) is 0 Å². The van der Waals surface area contributed by atoms with Gasteiger partial charge in [-0.2, -0.15) is 11.3 Å². The third-order valence-corrected chi connectivity index (χ3v) is 7.38. The van der Waals surface area contributed by atoms with E-state index in [1.54, 1.807) is 10.3 Å². The summed E-state index contributed by atoms with van der Waals surface area (Å²) in [6.07, 6.45) is 1.47.